The van der Waals surface area contributed by atoms with Crippen molar-refractivity contribution in [2.24, 2.45) is 10.9 Å². The van der Waals surface area contributed by atoms with Crippen LogP contribution in [0.4, 0.5) is 0 Å². The maximum absolute atomic E-state index is 12.7. The van der Waals surface area contributed by atoms with Crippen molar-refractivity contribution in [1.82, 2.24) is 14.9 Å². The van der Waals surface area contributed by atoms with Crippen LogP contribution in [0.25, 0.3) is 0 Å². The van der Waals surface area contributed by atoms with Gasteiger partial charge in [-0.1, -0.05) is 32.4 Å². The number of nitrogens with one attached hydrogen (secondary N) is 2. The summed E-state index contributed by atoms with van der Waals surface area (Å²) in [6.07, 6.45) is 3.01. The Bertz CT molecular complexity index is 699. The Kier molecular flexibility index (Phi) is 10.0. The van der Waals surface area contributed by atoms with Gasteiger partial charge < -0.3 is 10.6 Å². The Balaban J connectivity index is 0.00000364. The summed E-state index contributed by atoms with van der Waals surface area (Å²) in [5, 5.41) is 6.62. The molecule has 1 heterocycles. The largest absolute Gasteiger partial charge is 0.354 e. The molecule has 6 nitrogen and oxygen atoms in total. The minimum absolute atomic E-state index is 0. The first-order valence-corrected chi connectivity index (χ1v) is 10.8. The van der Waals surface area contributed by atoms with Gasteiger partial charge in [0.05, 0.1) is 4.90 Å². The topological polar surface area (TPSA) is 73.8 Å². The lowest BCUT2D eigenvalue weighted by Crippen LogP contribution is -2.43. The highest BCUT2D eigenvalue weighted by molar-refractivity contribution is 14.0. The molecule has 27 heavy (non-hydrogen) atoms. The fourth-order valence-corrected chi connectivity index (χ4v) is 4.31. The number of benzene rings is 1. The lowest BCUT2D eigenvalue weighted by atomic mass is 10.1. The number of aliphatic imine (C=N–C) groups is 1. The van der Waals surface area contributed by atoms with Gasteiger partial charge in [-0.15, -0.1) is 24.0 Å². The Morgan fingerprint density at radius 1 is 1.11 bits per heavy atom. The average Bonchev–Trinajstić information content (AvgIpc) is 2.65. The third kappa shape index (κ3) is 6.90. The van der Waals surface area contributed by atoms with Gasteiger partial charge in [0, 0.05) is 32.7 Å². The Morgan fingerprint density at radius 2 is 1.70 bits per heavy atom. The van der Waals surface area contributed by atoms with Crippen LogP contribution in [0.5, 0.6) is 0 Å². The van der Waals surface area contributed by atoms with Gasteiger partial charge in [0.1, 0.15) is 0 Å². The van der Waals surface area contributed by atoms with E-state index in [1.165, 1.54) is 0 Å². The fraction of sp³-hybridized carbons (Fsp3) is 0.632. The number of hydrogen-bond donors (Lipinski definition) is 2. The number of rotatable bonds is 6. The molecule has 1 fully saturated rings. The zero-order valence-corrected chi connectivity index (χ0v) is 19.9. The van der Waals surface area contributed by atoms with E-state index in [4.69, 9.17) is 0 Å². The summed E-state index contributed by atoms with van der Waals surface area (Å²) in [6, 6.07) is 7.45. The van der Waals surface area contributed by atoms with E-state index in [-0.39, 0.29) is 24.0 Å². The van der Waals surface area contributed by atoms with Crippen LogP contribution in [0.1, 0.15) is 45.6 Å². The second-order valence-corrected chi connectivity index (χ2v) is 9.15. The van der Waals surface area contributed by atoms with Crippen molar-refractivity contribution in [3.05, 3.63) is 29.8 Å². The highest BCUT2D eigenvalue weighted by Crippen LogP contribution is 2.20. The number of hydrogen-bond acceptors (Lipinski definition) is 3. The second kappa shape index (κ2) is 11.2. The third-order valence-corrected chi connectivity index (χ3v) is 6.84. The summed E-state index contributed by atoms with van der Waals surface area (Å²) in [7, 11) is -1.62. The van der Waals surface area contributed by atoms with E-state index in [0.29, 0.717) is 36.5 Å². The van der Waals surface area contributed by atoms with Gasteiger partial charge in [-0.2, -0.15) is 4.31 Å². The first-order chi connectivity index (χ1) is 12.3. The normalized spacial score (nSPS) is 17.3. The van der Waals surface area contributed by atoms with Gasteiger partial charge in [0.2, 0.25) is 10.0 Å². The van der Waals surface area contributed by atoms with Gasteiger partial charge in [0.15, 0.2) is 5.96 Å². The molecule has 2 rings (SSSR count). The third-order valence-electron chi connectivity index (χ3n) is 4.92. The van der Waals surface area contributed by atoms with Crippen molar-refractivity contribution >= 4 is 40.0 Å². The van der Waals surface area contributed by atoms with E-state index in [2.05, 4.69) is 36.4 Å². The van der Waals surface area contributed by atoms with Crippen molar-refractivity contribution in [3.63, 3.8) is 0 Å². The predicted octanol–water partition coefficient (Wildman–Crippen LogP) is 3.19. The van der Waals surface area contributed by atoms with Crippen LogP contribution >= 0.6 is 24.0 Å². The molecule has 0 amide bonds. The average molecular weight is 508 g/mol. The fourth-order valence-electron chi connectivity index (χ4n) is 2.80. The van der Waals surface area contributed by atoms with Crippen LogP contribution in [-0.4, -0.2) is 44.9 Å². The smallest absolute Gasteiger partial charge is 0.243 e. The van der Waals surface area contributed by atoms with Crippen LogP contribution in [0.3, 0.4) is 0 Å². The molecule has 1 aromatic carbocycles. The Labute approximate surface area is 181 Å². The van der Waals surface area contributed by atoms with E-state index in [9.17, 15) is 8.42 Å². The van der Waals surface area contributed by atoms with Crippen molar-refractivity contribution in [2.45, 2.75) is 57.5 Å². The number of sulfonamides is 1. The van der Waals surface area contributed by atoms with Gasteiger partial charge >= 0.3 is 0 Å². The van der Waals surface area contributed by atoms with Crippen molar-refractivity contribution in [3.8, 4) is 0 Å². The number of nitrogens with zero attached hydrogens (tertiary/aromatic N) is 2. The molecular weight excluding hydrogens is 475 g/mol. The first kappa shape index (κ1) is 24.2. The molecular formula is C19H33IN4O2S. The molecule has 8 heteroatoms. The maximum atomic E-state index is 12.7. The highest BCUT2D eigenvalue weighted by atomic mass is 127. The minimum atomic E-state index is -3.36. The number of guanidine groups is 1. The van der Waals surface area contributed by atoms with Crippen molar-refractivity contribution < 1.29 is 8.42 Å². The molecule has 0 saturated carbocycles. The van der Waals surface area contributed by atoms with Crippen LogP contribution in [0, 0.1) is 5.92 Å². The highest BCUT2D eigenvalue weighted by Gasteiger charge is 2.25. The zero-order chi connectivity index (χ0) is 19.2. The monoisotopic (exact) mass is 508 g/mol. The summed E-state index contributed by atoms with van der Waals surface area (Å²) in [5.41, 5.74) is 1.02. The lowest BCUT2D eigenvalue weighted by molar-refractivity contribution is 0.346. The van der Waals surface area contributed by atoms with Crippen LogP contribution in [0.2, 0.25) is 0 Å². The molecule has 2 N–H and O–H groups in total. The Hall–Kier alpha value is -0.870. The van der Waals surface area contributed by atoms with Gasteiger partial charge in [-0.05, 0) is 43.4 Å². The van der Waals surface area contributed by atoms with E-state index in [0.717, 1.165) is 30.8 Å². The SMILES string of the molecule is CN=C(NCc1ccc(S(=O)(=O)N2CCCCC2)cc1)NC(C)C(C)C.I. The van der Waals surface area contributed by atoms with Gasteiger partial charge in [-0.25, -0.2) is 8.42 Å². The maximum Gasteiger partial charge on any atom is 0.243 e. The van der Waals surface area contributed by atoms with Crippen molar-refractivity contribution in [2.75, 3.05) is 20.1 Å². The van der Waals surface area contributed by atoms with E-state index in [1.54, 1.807) is 23.5 Å². The first-order valence-electron chi connectivity index (χ1n) is 9.41. The van der Waals surface area contributed by atoms with Crippen LogP contribution < -0.4 is 10.6 Å². The molecule has 0 spiro atoms. The lowest BCUT2D eigenvalue weighted by Gasteiger charge is -2.26. The number of piperidine rings is 1. The quantitative estimate of drug-likeness (QED) is 0.352. The summed E-state index contributed by atoms with van der Waals surface area (Å²) < 4.78 is 27.0. The molecule has 0 bridgehead atoms. The molecule has 1 atom stereocenters. The predicted molar refractivity (Wildman–Crippen MR) is 122 cm³/mol. The molecule has 1 aliphatic heterocycles. The standard InChI is InChI=1S/C19H32N4O2S.HI/c1-15(2)16(3)22-19(20-4)21-14-17-8-10-18(11-9-17)26(24,25)23-12-6-5-7-13-23;/h8-11,15-16H,5-7,12-14H2,1-4H3,(H2,20,21,22);1H. The van der Waals surface area contributed by atoms with Gasteiger partial charge in [-0.3, -0.25) is 4.99 Å². The van der Waals surface area contributed by atoms with Crippen LogP contribution in [-0.2, 0) is 16.6 Å². The van der Waals surface area contributed by atoms with E-state index in [1.807, 2.05) is 12.1 Å². The van der Waals surface area contributed by atoms with Crippen molar-refractivity contribution in [1.29, 1.82) is 0 Å². The van der Waals surface area contributed by atoms with Crippen LogP contribution in [0.15, 0.2) is 34.2 Å². The zero-order valence-electron chi connectivity index (χ0n) is 16.7. The molecule has 154 valence electrons. The Morgan fingerprint density at radius 3 is 2.22 bits per heavy atom. The molecule has 1 aliphatic rings. The van der Waals surface area contributed by atoms with E-state index < -0.39 is 10.0 Å². The minimum Gasteiger partial charge on any atom is -0.354 e. The molecule has 1 aromatic rings. The molecule has 0 aromatic heterocycles. The summed E-state index contributed by atoms with van der Waals surface area (Å²) >= 11 is 0. The molecule has 1 saturated heterocycles. The van der Waals surface area contributed by atoms with Gasteiger partial charge in [0.25, 0.3) is 0 Å². The molecule has 0 radical (unpaired) electrons. The second-order valence-electron chi connectivity index (χ2n) is 7.21. The number of halogens is 1. The summed E-state index contributed by atoms with van der Waals surface area (Å²) in [5.74, 6) is 1.25. The summed E-state index contributed by atoms with van der Waals surface area (Å²) in [4.78, 5) is 4.61. The summed E-state index contributed by atoms with van der Waals surface area (Å²) in [6.45, 7) is 8.29. The molecule has 1 unspecified atom stereocenters. The molecule has 0 aliphatic carbocycles. The van der Waals surface area contributed by atoms with E-state index >= 15 is 0 Å².